The number of halogens is 2. The zero-order valence-corrected chi connectivity index (χ0v) is 10.6. The lowest BCUT2D eigenvalue weighted by Crippen LogP contribution is -2.44. The van der Waals surface area contributed by atoms with Crippen LogP contribution in [0.3, 0.4) is 0 Å². The van der Waals surface area contributed by atoms with E-state index < -0.39 is 11.4 Å². The number of benzene rings is 1. The SMILES string of the molecule is O=C(NCc1ccc(F)c(Cl)c1)C1(O)CCCC1. The van der Waals surface area contributed by atoms with Gasteiger partial charge in [0, 0.05) is 6.54 Å². The summed E-state index contributed by atoms with van der Waals surface area (Å²) in [4.78, 5) is 11.8. The van der Waals surface area contributed by atoms with Crippen LogP contribution in [0.4, 0.5) is 4.39 Å². The highest BCUT2D eigenvalue weighted by molar-refractivity contribution is 6.30. The summed E-state index contributed by atoms with van der Waals surface area (Å²) < 4.78 is 12.9. The smallest absolute Gasteiger partial charge is 0.252 e. The van der Waals surface area contributed by atoms with E-state index in [0.29, 0.717) is 18.4 Å². The fraction of sp³-hybridized carbons (Fsp3) is 0.462. The number of aliphatic hydroxyl groups is 1. The van der Waals surface area contributed by atoms with Crippen LogP contribution in [0.15, 0.2) is 18.2 Å². The monoisotopic (exact) mass is 271 g/mol. The van der Waals surface area contributed by atoms with E-state index in [0.717, 1.165) is 12.8 Å². The third-order valence-electron chi connectivity index (χ3n) is 3.29. The highest BCUT2D eigenvalue weighted by atomic mass is 35.5. The third kappa shape index (κ3) is 2.82. The molecule has 1 aliphatic carbocycles. The van der Waals surface area contributed by atoms with Gasteiger partial charge in [0.25, 0.3) is 5.91 Å². The molecule has 98 valence electrons. The van der Waals surface area contributed by atoms with E-state index in [1.807, 2.05) is 0 Å². The van der Waals surface area contributed by atoms with Crippen LogP contribution in [0, 0.1) is 5.82 Å². The minimum absolute atomic E-state index is 0.0290. The van der Waals surface area contributed by atoms with Gasteiger partial charge in [-0.05, 0) is 43.4 Å². The van der Waals surface area contributed by atoms with E-state index in [2.05, 4.69) is 5.32 Å². The number of carbonyl (C=O) groups is 1. The number of amides is 1. The van der Waals surface area contributed by atoms with Gasteiger partial charge in [-0.25, -0.2) is 4.39 Å². The molecule has 0 heterocycles. The van der Waals surface area contributed by atoms with Crippen LogP contribution < -0.4 is 5.32 Å². The Morgan fingerprint density at radius 3 is 2.72 bits per heavy atom. The molecule has 0 saturated heterocycles. The van der Waals surface area contributed by atoms with Gasteiger partial charge >= 0.3 is 0 Å². The maximum atomic E-state index is 12.9. The van der Waals surface area contributed by atoms with Gasteiger partial charge in [0.05, 0.1) is 5.02 Å². The third-order valence-corrected chi connectivity index (χ3v) is 3.58. The molecule has 18 heavy (non-hydrogen) atoms. The lowest BCUT2D eigenvalue weighted by molar-refractivity contribution is -0.139. The molecule has 1 amide bonds. The number of hydrogen-bond donors (Lipinski definition) is 2. The molecule has 1 aromatic rings. The quantitative estimate of drug-likeness (QED) is 0.887. The van der Waals surface area contributed by atoms with E-state index in [-0.39, 0.29) is 17.5 Å². The van der Waals surface area contributed by atoms with Crippen molar-refractivity contribution in [3.05, 3.63) is 34.6 Å². The normalized spacial score (nSPS) is 17.7. The summed E-state index contributed by atoms with van der Waals surface area (Å²) in [6, 6.07) is 4.28. The Labute approximate surface area is 110 Å². The molecule has 1 aliphatic rings. The van der Waals surface area contributed by atoms with Gasteiger partial charge in [-0.2, -0.15) is 0 Å². The molecule has 1 saturated carbocycles. The Bertz CT molecular complexity index is 458. The summed E-state index contributed by atoms with van der Waals surface area (Å²) in [5.41, 5.74) is -0.527. The van der Waals surface area contributed by atoms with Gasteiger partial charge in [-0.1, -0.05) is 17.7 Å². The molecule has 5 heteroatoms. The van der Waals surface area contributed by atoms with Crippen LogP contribution in [-0.2, 0) is 11.3 Å². The van der Waals surface area contributed by atoms with E-state index >= 15 is 0 Å². The number of rotatable bonds is 3. The van der Waals surface area contributed by atoms with E-state index in [4.69, 9.17) is 11.6 Å². The summed E-state index contributed by atoms with van der Waals surface area (Å²) in [5.74, 6) is -0.846. The molecular formula is C13H15ClFNO2. The van der Waals surface area contributed by atoms with Crippen molar-refractivity contribution in [3.63, 3.8) is 0 Å². The second-order valence-electron chi connectivity index (χ2n) is 4.67. The second kappa shape index (κ2) is 5.24. The summed E-state index contributed by atoms with van der Waals surface area (Å²) in [7, 11) is 0. The van der Waals surface area contributed by atoms with Crippen molar-refractivity contribution in [2.24, 2.45) is 0 Å². The van der Waals surface area contributed by atoms with Crippen molar-refractivity contribution in [1.29, 1.82) is 0 Å². The minimum Gasteiger partial charge on any atom is -0.380 e. The second-order valence-corrected chi connectivity index (χ2v) is 5.08. The molecular weight excluding hydrogens is 257 g/mol. The first kappa shape index (κ1) is 13.3. The Kier molecular flexibility index (Phi) is 3.88. The largest absolute Gasteiger partial charge is 0.380 e. The predicted octanol–water partition coefficient (Wildman–Crippen LogP) is 2.40. The molecule has 3 nitrogen and oxygen atoms in total. The summed E-state index contributed by atoms with van der Waals surface area (Å²) in [5, 5.41) is 12.7. The molecule has 0 aromatic heterocycles. The van der Waals surface area contributed by atoms with Crippen LogP contribution >= 0.6 is 11.6 Å². The zero-order chi connectivity index (χ0) is 13.2. The van der Waals surface area contributed by atoms with Crippen LogP contribution in [0.1, 0.15) is 31.2 Å². The molecule has 0 radical (unpaired) electrons. The van der Waals surface area contributed by atoms with Crippen LogP contribution in [0.2, 0.25) is 5.02 Å². The Balaban J connectivity index is 1.95. The first-order valence-corrected chi connectivity index (χ1v) is 6.34. The first-order chi connectivity index (χ1) is 8.51. The highest BCUT2D eigenvalue weighted by Crippen LogP contribution is 2.29. The fourth-order valence-electron chi connectivity index (χ4n) is 2.18. The average Bonchev–Trinajstić information content (AvgIpc) is 2.79. The van der Waals surface area contributed by atoms with E-state index in [9.17, 15) is 14.3 Å². The minimum atomic E-state index is -1.23. The standard InChI is InChI=1S/C13H15ClFNO2/c14-10-7-9(3-4-11(10)15)8-16-12(17)13(18)5-1-2-6-13/h3-4,7,18H,1-2,5-6,8H2,(H,16,17). The maximum Gasteiger partial charge on any atom is 0.252 e. The number of hydrogen-bond acceptors (Lipinski definition) is 2. The van der Waals surface area contributed by atoms with Crippen LogP contribution in [0.25, 0.3) is 0 Å². The van der Waals surface area contributed by atoms with Crippen LogP contribution in [0.5, 0.6) is 0 Å². The molecule has 1 aromatic carbocycles. The molecule has 0 aliphatic heterocycles. The fourth-order valence-corrected chi connectivity index (χ4v) is 2.39. The lowest BCUT2D eigenvalue weighted by atomic mass is 10.0. The van der Waals surface area contributed by atoms with Gasteiger partial charge < -0.3 is 10.4 Å². The molecule has 0 spiro atoms. The Morgan fingerprint density at radius 1 is 1.44 bits per heavy atom. The van der Waals surface area contributed by atoms with Crippen molar-refractivity contribution in [2.45, 2.75) is 37.8 Å². The first-order valence-electron chi connectivity index (χ1n) is 5.96. The summed E-state index contributed by atoms with van der Waals surface area (Å²) in [6.07, 6.45) is 2.74. The van der Waals surface area contributed by atoms with Crippen molar-refractivity contribution in [3.8, 4) is 0 Å². The Hall–Kier alpha value is -1.13. The van der Waals surface area contributed by atoms with E-state index in [1.165, 1.54) is 12.1 Å². The summed E-state index contributed by atoms with van der Waals surface area (Å²) >= 11 is 5.65. The highest BCUT2D eigenvalue weighted by Gasteiger charge is 2.38. The molecule has 0 bridgehead atoms. The topological polar surface area (TPSA) is 49.3 Å². The van der Waals surface area contributed by atoms with Gasteiger partial charge in [-0.3, -0.25) is 4.79 Å². The summed E-state index contributed by atoms with van der Waals surface area (Å²) in [6.45, 7) is 0.237. The zero-order valence-electron chi connectivity index (χ0n) is 9.88. The molecule has 2 rings (SSSR count). The van der Waals surface area contributed by atoms with Crippen molar-refractivity contribution < 1.29 is 14.3 Å². The molecule has 1 fully saturated rings. The van der Waals surface area contributed by atoms with E-state index in [1.54, 1.807) is 6.07 Å². The maximum absolute atomic E-state index is 12.9. The van der Waals surface area contributed by atoms with Crippen LogP contribution in [-0.4, -0.2) is 16.6 Å². The molecule has 0 unspecified atom stereocenters. The Morgan fingerprint density at radius 2 is 2.11 bits per heavy atom. The number of nitrogens with one attached hydrogen (secondary N) is 1. The van der Waals surface area contributed by atoms with Crippen molar-refractivity contribution in [1.82, 2.24) is 5.32 Å². The molecule has 0 atom stereocenters. The van der Waals surface area contributed by atoms with Gasteiger partial charge in [0.1, 0.15) is 11.4 Å². The van der Waals surface area contributed by atoms with Gasteiger partial charge in [-0.15, -0.1) is 0 Å². The lowest BCUT2D eigenvalue weighted by Gasteiger charge is -2.20. The van der Waals surface area contributed by atoms with Gasteiger partial charge in [0.15, 0.2) is 0 Å². The van der Waals surface area contributed by atoms with Gasteiger partial charge in [0.2, 0.25) is 0 Å². The molecule has 2 N–H and O–H groups in total. The predicted molar refractivity (Wildman–Crippen MR) is 66.7 cm³/mol. The van der Waals surface area contributed by atoms with Crippen molar-refractivity contribution in [2.75, 3.05) is 0 Å². The number of carbonyl (C=O) groups excluding carboxylic acids is 1. The van der Waals surface area contributed by atoms with Crippen molar-refractivity contribution >= 4 is 17.5 Å². The average molecular weight is 272 g/mol.